The minimum absolute atomic E-state index is 0.243. The van der Waals surface area contributed by atoms with E-state index in [1.54, 1.807) is 0 Å². The lowest BCUT2D eigenvalue weighted by molar-refractivity contribution is 0.0956. The number of fused-ring (bicyclic) bond motifs is 1. The maximum absolute atomic E-state index is 12.8. The molecule has 1 amide bonds. The summed E-state index contributed by atoms with van der Waals surface area (Å²) in [6.45, 7) is 6.71. The van der Waals surface area contributed by atoms with Crippen LogP contribution in [0.5, 0.6) is 5.75 Å². The Morgan fingerprint density at radius 1 is 1.10 bits per heavy atom. The molecule has 3 rings (SSSR count). The summed E-state index contributed by atoms with van der Waals surface area (Å²) in [5.74, 6) is 0.563. The van der Waals surface area contributed by atoms with Crippen LogP contribution in [0.15, 0.2) is 59.7 Å². The molecule has 5 nitrogen and oxygen atoms in total. The molecule has 1 aromatic heterocycles. The number of aromatic nitrogens is 1. The van der Waals surface area contributed by atoms with Crippen molar-refractivity contribution >= 4 is 22.5 Å². The highest BCUT2D eigenvalue weighted by atomic mass is 16.5. The van der Waals surface area contributed by atoms with Gasteiger partial charge in [-0.05, 0) is 44.0 Å². The molecule has 0 spiro atoms. The number of rotatable bonds is 8. The van der Waals surface area contributed by atoms with Gasteiger partial charge < -0.3 is 4.74 Å². The highest BCUT2D eigenvalue weighted by Crippen LogP contribution is 2.27. The number of hydrazone groups is 1. The molecule has 0 aliphatic carbocycles. The van der Waals surface area contributed by atoms with Crippen molar-refractivity contribution in [2.24, 2.45) is 5.10 Å². The highest BCUT2D eigenvalue weighted by Gasteiger charge is 2.14. The number of ether oxygens (including phenoxy) is 1. The van der Waals surface area contributed by atoms with E-state index in [0.29, 0.717) is 12.2 Å². The molecule has 3 aromatic rings. The first-order chi connectivity index (χ1) is 14.1. The summed E-state index contributed by atoms with van der Waals surface area (Å²) in [4.78, 5) is 17.6. The van der Waals surface area contributed by atoms with Crippen LogP contribution in [-0.4, -0.2) is 23.2 Å². The Morgan fingerprint density at radius 3 is 2.72 bits per heavy atom. The predicted molar refractivity (Wildman–Crippen MR) is 118 cm³/mol. The Hall–Kier alpha value is -3.21. The second kappa shape index (κ2) is 9.82. The van der Waals surface area contributed by atoms with Gasteiger partial charge in [-0.15, -0.1) is 0 Å². The third-order valence-electron chi connectivity index (χ3n) is 4.72. The van der Waals surface area contributed by atoms with E-state index in [4.69, 9.17) is 9.72 Å². The zero-order chi connectivity index (χ0) is 20.6. The molecule has 0 atom stereocenters. The summed E-state index contributed by atoms with van der Waals surface area (Å²) in [6, 6.07) is 17.3. The summed E-state index contributed by atoms with van der Waals surface area (Å²) in [6.07, 6.45) is 2.89. The minimum atomic E-state index is -0.243. The monoisotopic (exact) mass is 389 g/mol. The lowest BCUT2D eigenvalue weighted by atomic mass is 10.0. The van der Waals surface area contributed by atoms with Crippen LogP contribution in [0.25, 0.3) is 22.2 Å². The van der Waals surface area contributed by atoms with Crippen LogP contribution >= 0.6 is 0 Å². The Kier molecular flexibility index (Phi) is 6.95. The topological polar surface area (TPSA) is 63.6 Å². The summed E-state index contributed by atoms with van der Waals surface area (Å²) < 4.78 is 5.83. The molecule has 0 aliphatic rings. The fourth-order valence-corrected chi connectivity index (χ4v) is 2.88. The Balaban J connectivity index is 1.99. The SMILES string of the molecule is CCCCOc1cccc(-c2cc(C(=O)NN=C(C)CC)c3ccccc3n2)c1. The van der Waals surface area contributed by atoms with E-state index < -0.39 is 0 Å². The fraction of sp³-hybridized carbons (Fsp3) is 0.292. The van der Waals surface area contributed by atoms with Crippen LogP contribution in [0.2, 0.25) is 0 Å². The number of hydrogen-bond acceptors (Lipinski definition) is 4. The van der Waals surface area contributed by atoms with Crippen molar-refractivity contribution in [3.8, 4) is 17.0 Å². The van der Waals surface area contributed by atoms with Crippen molar-refractivity contribution in [3.63, 3.8) is 0 Å². The number of nitrogens with one attached hydrogen (secondary N) is 1. The molecular weight excluding hydrogens is 362 g/mol. The van der Waals surface area contributed by atoms with Gasteiger partial charge in [0.2, 0.25) is 0 Å². The Bertz CT molecular complexity index is 1030. The Labute approximate surface area is 171 Å². The molecular formula is C24H27N3O2. The van der Waals surface area contributed by atoms with Gasteiger partial charge in [0.05, 0.1) is 23.4 Å². The van der Waals surface area contributed by atoms with Gasteiger partial charge in [0, 0.05) is 16.7 Å². The smallest absolute Gasteiger partial charge is 0.272 e. The van der Waals surface area contributed by atoms with Gasteiger partial charge in [-0.3, -0.25) is 4.79 Å². The van der Waals surface area contributed by atoms with Gasteiger partial charge >= 0.3 is 0 Å². The van der Waals surface area contributed by atoms with Gasteiger partial charge in [-0.1, -0.05) is 50.6 Å². The molecule has 1 N–H and O–H groups in total. The van der Waals surface area contributed by atoms with Gasteiger partial charge in [0.15, 0.2) is 0 Å². The first-order valence-corrected chi connectivity index (χ1v) is 10.1. The highest BCUT2D eigenvalue weighted by molar-refractivity contribution is 6.07. The average Bonchev–Trinajstić information content (AvgIpc) is 2.76. The molecule has 5 heteroatoms. The van der Waals surface area contributed by atoms with E-state index in [1.165, 1.54) is 0 Å². The molecule has 0 saturated heterocycles. The van der Waals surface area contributed by atoms with E-state index in [1.807, 2.05) is 68.4 Å². The number of nitrogens with zero attached hydrogens (tertiary/aromatic N) is 2. The van der Waals surface area contributed by atoms with Crippen LogP contribution in [0.3, 0.4) is 0 Å². The lowest BCUT2D eigenvalue weighted by Gasteiger charge is -2.11. The van der Waals surface area contributed by atoms with Gasteiger partial charge in [0.25, 0.3) is 5.91 Å². The van der Waals surface area contributed by atoms with E-state index in [9.17, 15) is 4.79 Å². The molecule has 0 radical (unpaired) electrons. The number of unbranched alkanes of at least 4 members (excludes halogenated alkanes) is 1. The second-order valence-corrected chi connectivity index (χ2v) is 6.94. The van der Waals surface area contributed by atoms with Crippen LogP contribution in [0.4, 0.5) is 0 Å². The van der Waals surface area contributed by atoms with Gasteiger partial charge in [0.1, 0.15) is 5.75 Å². The second-order valence-electron chi connectivity index (χ2n) is 6.94. The Morgan fingerprint density at radius 2 is 1.93 bits per heavy atom. The van der Waals surface area contributed by atoms with Gasteiger partial charge in [-0.2, -0.15) is 5.10 Å². The summed E-state index contributed by atoms with van der Waals surface area (Å²) in [7, 11) is 0. The predicted octanol–water partition coefficient (Wildman–Crippen LogP) is 5.60. The van der Waals surface area contributed by atoms with Crippen molar-refractivity contribution in [1.29, 1.82) is 0 Å². The van der Waals surface area contributed by atoms with Crippen molar-refractivity contribution in [1.82, 2.24) is 10.4 Å². The zero-order valence-corrected chi connectivity index (χ0v) is 17.2. The molecule has 0 aliphatic heterocycles. The minimum Gasteiger partial charge on any atom is -0.494 e. The number of amides is 1. The number of para-hydroxylation sites is 1. The molecule has 0 unspecified atom stereocenters. The number of carbonyl (C=O) groups excluding carboxylic acids is 1. The maximum Gasteiger partial charge on any atom is 0.272 e. The first-order valence-electron chi connectivity index (χ1n) is 10.1. The molecule has 150 valence electrons. The maximum atomic E-state index is 12.8. The third kappa shape index (κ3) is 5.19. The molecule has 0 saturated carbocycles. The number of pyridine rings is 1. The van der Waals surface area contributed by atoms with Crippen LogP contribution < -0.4 is 10.2 Å². The number of hydrogen-bond donors (Lipinski definition) is 1. The fourth-order valence-electron chi connectivity index (χ4n) is 2.88. The first kappa shape index (κ1) is 20.5. The molecule has 1 heterocycles. The standard InChI is InChI=1S/C24H27N3O2/c1-4-6-14-29-19-11-9-10-18(15-19)23-16-21(24(28)27-26-17(3)5-2)20-12-7-8-13-22(20)25-23/h7-13,15-16H,4-6,14H2,1-3H3,(H,27,28). The normalized spacial score (nSPS) is 11.5. The molecule has 29 heavy (non-hydrogen) atoms. The third-order valence-corrected chi connectivity index (χ3v) is 4.72. The quantitative estimate of drug-likeness (QED) is 0.310. The zero-order valence-electron chi connectivity index (χ0n) is 17.2. The van der Waals surface area contributed by atoms with E-state index >= 15 is 0 Å². The molecule has 0 bridgehead atoms. The summed E-state index contributed by atoms with van der Waals surface area (Å²) >= 11 is 0. The van der Waals surface area contributed by atoms with Crippen molar-refractivity contribution in [2.75, 3.05) is 6.61 Å². The largest absolute Gasteiger partial charge is 0.494 e. The van der Waals surface area contributed by atoms with Crippen molar-refractivity contribution in [3.05, 3.63) is 60.2 Å². The molecule has 0 fully saturated rings. The van der Waals surface area contributed by atoms with Crippen LogP contribution in [0.1, 0.15) is 50.4 Å². The number of carbonyl (C=O) groups is 1. The molecule has 2 aromatic carbocycles. The van der Waals surface area contributed by atoms with E-state index in [-0.39, 0.29) is 5.91 Å². The van der Waals surface area contributed by atoms with Crippen molar-refractivity contribution < 1.29 is 9.53 Å². The van der Waals surface area contributed by atoms with Crippen LogP contribution in [0, 0.1) is 0 Å². The van der Waals surface area contributed by atoms with E-state index in [0.717, 1.165) is 52.9 Å². The van der Waals surface area contributed by atoms with Gasteiger partial charge in [-0.25, -0.2) is 10.4 Å². The average molecular weight is 389 g/mol. The lowest BCUT2D eigenvalue weighted by Crippen LogP contribution is -2.19. The van der Waals surface area contributed by atoms with Crippen molar-refractivity contribution in [2.45, 2.75) is 40.0 Å². The summed E-state index contributed by atoms with van der Waals surface area (Å²) in [5.41, 5.74) is 6.49. The van der Waals surface area contributed by atoms with E-state index in [2.05, 4.69) is 17.5 Å². The summed E-state index contributed by atoms with van der Waals surface area (Å²) in [5, 5.41) is 4.96. The number of benzene rings is 2. The van der Waals surface area contributed by atoms with Crippen LogP contribution in [-0.2, 0) is 0 Å².